The monoisotopic (exact) mass is 230 g/mol. The van der Waals surface area contributed by atoms with Crippen molar-refractivity contribution in [3.05, 3.63) is 42.2 Å². The first-order valence-electron chi connectivity index (χ1n) is 5.23. The maximum absolute atomic E-state index is 5.67. The van der Waals surface area contributed by atoms with Crippen LogP contribution in [-0.4, -0.2) is 12.1 Å². The second-order valence-electron chi connectivity index (χ2n) is 3.65. The molecule has 0 aliphatic carbocycles. The van der Waals surface area contributed by atoms with Crippen molar-refractivity contribution in [3.8, 4) is 17.2 Å². The van der Waals surface area contributed by atoms with Gasteiger partial charge in [0.05, 0.1) is 13.3 Å². The van der Waals surface area contributed by atoms with Gasteiger partial charge >= 0.3 is 0 Å². The van der Waals surface area contributed by atoms with E-state index in [1.165, 1.54) is 0 Å². The minimum Gasteiger partial charge on any atom is -0.493 e. The minimum absolute atomic E-state index is 0.602. The van der Waals surface area contributed by atoms with Crippen LogP contribution in [0.25, 0.3) is 0 Å². The number of benzene rings is 1. The van der Waals surface area contributed by atoms with E-state index in [9.17, 15) is 0 Å². The Morgan fingerprint density at radius 1 is 1.12 bits per heavy atom. The molecular formula is C13H14N2O2. The quantitative estimate of drug-likeness (QED) is 0.824. The van der Waals surface area contributed by atoms with Gasteiger partial charge in [-0.05, 0) is 31.2 Å². The van der Waals surface area contributed by atoms with Gasteiger partial charge in [-0.3, -0.25) is 4.98 Å². The van der Waals surface area contributed by atoms with E-state index in [2.05, 4.69) is 4.98 Å². The molecule has 0 saturated carbocycles. The van der Waals surface area contributed by atoms with Crippen LogP contribution >= 0.6 is 0 Å². The summed E-state index contributed by atoms with van der Waals surface area (Å²) >= 11 is 0. The second kappa shape index (κ2) is 4.74. The highest BCUT2D eigenvalue weighted by Crippen LogP contribution is 2.32. The summed E-state index contributed by atoms with van der Waals surface area (Å²) in [6.07, 6.45) is 1.67. The topological polar surface area (TPSA) is 57.4 Å². The lowest BCUT2D eigenvalue weighted by atomic mass is 10.3. The van der Waals surface area contributed by atoms with Crippen LogP contribution in [-0.2, 0) is 0 Å². The number of pyridine rings is 1. The molecule has 0 spiro atoms. The second-order valence-corrected chi connectivity index (χ2v) is 3.65. The van der Waals surface area contributed by atoms with E-state index < -0.39 is 0 Å². The third-order valence-corrected chi connectivity index (χ3v) is 2.30. The number of ether oxygens (including phenoxy) is 2. The van der Waals surface area contributed by atoms with Crippen LogP contribution in [0, 0.1) is 6.92 Å². The normalized spacial score (nSPS) is 10.0. The maximum atomic E-state index is 5.67. The Hall–Kier alpha value is -2.23. The van der Waals surface area contributed by atoms with Gasteiger partial charge in [0, 0.05) is 17.4 Å². The van der Waals surface area contributed by atoms with Crippen molar-refractivity contribution in [2.75, 3.05) is 12.8 Å². The van der Waals surface area contributed by atoms with Crippen LogP contribution < -0.4 is 15.2 Å². The van der Waals surface area contributed by atoms with Gasteiger partial charge in [0.2, 0.25) is 0 Å². The molecule has 0 bridgehead atoms. The molecule has 17 heavy (non-hydrogen) atoms. The number of rotatable bonds is 3. The summed E-state index contributed by atoms with van der Waals surface area (Å²) in [7, 11) is 1.58. The highest BCUT2D eigenvalue weighted by atomic mass is 16.5. The molecule has 1 heterocycles. The fourth-order valence-corrected chi connectivity index (χ4v) is 1.41. The van der Waals surface area contributed by atoms with Crippen LogP contribution in [0.1, 0.15) is 5.69 Å². The third-order valence-electron chi connectivity index (χ3n) is 2.30. The summed E-state index contributed by atoms with van der Waals surface area (Å²) in [5.74, 6) is 1.89. The first kappa shape index (κ1) is 11.3. The Kier molecular flexibility index (Phi) is 3.14. The molecule has 0 atom stereocenters. The molecule has 0 amide bonds. The number of nitrogens with two attached hydrogens (primary N) is 1. The van der Waals surface area contributed by atoms with Crippen LogP contribution in [0.3, 0.4) is 0 Å². The van der Waals surface area contributed by atoms with Crippen molar-refractivity contribution in [1.82, 2.24) is 4.98 Å². The first-order chi connectivity index (χ1) is 8.19. The number of hydrogen-bond acceptors (Lipinski definition) is 4. The van der Waals surface area contributed by atoms with Crippen molar-refractivity contribution in [3.63, 3.8) is 0 Å². The number of anilines is 1. The number of nitrogens with zero attached hydrogens (tertiary/aromatic N) is 1. The standard InChI is InChI=1S/C13H14N2O2/c1-9-3-5-11(8-15-9)17-12-6-4-10(14)7-13(12)16-2/h3-8H,14H2,1-2H3. The number of aryl methyl sites for hydroxylation is 1. The van der Waals surface area contributed by atoms with Gasteiger partial charge in [-0.25, -0.2) is 0 Å². The molecule has 0 aliphatic heterocycles. The smallest absolute Gasteiger partial charge is 0.169 e. The van der Waals surface area contributed by atoms with E-state index in [0.29, 0.717) is 22.9 Å². The molecule has 0 aliphatic rings. The first-order valence-corrected chi connectivity index (χ1v) is 5.23. The summed E-state index contributed by atoms with van der Waals surface area (Å²) in [6.45, 7) is 1.92. The number of aromatic nitrogens is 1. The predicted molar refractivity (Wildman–Crippen MR) is 66.5 cm³/mol. The van der Waals surface area contributed by atoms with E-state index in [-0.39, 0.29) is 0 Å². The molecule has 0 radical (unpaired) electrons. The van der Waals surface area contributed by atoms with Crippen molar-refractivity contribution < 1.29 is 9.47 Å². The van der Waals surface area contributed by atoms with E-state index >= 15 is 0 Å². The number of hydrogen-bond donors (Lipinski definition) is 1. The fraction of sp³-hybridized carbons (Fsp3) is 0.154. The molecule has 4 heteroatoms. The minimum atomic E-state index is 0.602. The molecule has 0 unspecified atom stereocenters. The molecule has 1 aromatic carbocycles. The zero-order valence-corrected chi connectivity index (χ0v) is 9.81. The zero-order valence-electron chi connectivity index (χ0n) is 9.81. The lowest BCUT2D eigenvalue weighted by molar-refractivity contribution is 0.378. The Morgan fingerprint density at radius 3 is 2.59 bits per heavy atom. The molecule has 2 aromatic rings. The molecule has 1 aromatic heterocycles. The fourth-order valence-electron chi connectivity index (χ4n) is 1.41. The van der Waals surface area contributed by atoms with Crippen molar-refractivity contribution in [1.29, 1.82) is 0 Å². The summed E-state index contributed by atoms with van der Waals surface area (Å²) in [4.78, 5) is 4.16. The van der Waals surface area contributed by atoms with Crippen LogP contribution in [0.2, 0.25) is 0 Å². The van der Waals surface area contributed by atoms with Gasteiger partial charge in [0.25, 0.3) is 0 Å². The summed E-state index contributed by atoms with van der Waals surface area (Å²) in [5.41, 5.74) is 7.25. The third kappa shape index (κ3) is 2.66. The maximum Gasteiger partial charge on any atom is 0.169 e. The van der Waals surface area contributed by atoms with E-state index in [4.69, 9.17) is 15.2 Å². The summed E-state index contributed by atoms with van der Waals surface area (Å²) < 4.78 is 10.9. The zero-order chi connectivity index (χ0) is 12.3. The van der Waals surface area contributed by atoms with Gasteiger partial charge in [0.1, 0.15) is 5.75 Å². The Morgan fingerprint density at radius 2 is 1.94 bits per heavy atom. The molecule has 88 valence electrons. The summed E-state index contributed by atoms with van der Waals surface area (Å²) in [5, 5.41) is 0. The molecule has 4 nitrogen and oxygen atoms in total. The molecule has 2 rings (SSSR count). The molecule has 2 N–H and O–H groups in total. The number of methoxy groups -OCH3 is 1. The summed E-state index contributed by atoms with van der Waals surface area (Å²) in [6, 6.07) is 9.00. The average molecular weight is 230 g/mol. The van der Waals surface area contributed by atoms with Crippen molar-refractivity contribution in [2.45, 2.75) is 6.92 Å². The van der Waals surface area contributed by atoms with Gasteiger partial charge in [0.15, 0.2) is 11.5 Å². The van der Waals surface area contributed by atoms with E-state index in [0.717, 1.165) is 5.69 Å². The highest BCUT2D eigenvalue weighted by Gasteiger charge is 2.05. The lowest BCUT2D eigenvalue weighted by Crippen LogP contribution is -1.93. The van der Waals surface area contributed by atoms with Gasteiger partial charge in [-0.15, -0.1) is 0 Å². The van der Waals surface area contributed by atoms with Crippen LogP contribution in [0.5, 0.6) is 17.2 Å². The Balaban J connectivity index is 2.26. The highest BCUT2D eigenvalue weighted by molar-refractivity contribution is 5.53. The average Bonchev–Trinajstić information content (AvgIpc) is 2.34. The Labute approximate surface area is 100 Å². The van der Waals surface area contributed by atoms with Gasteiger partial charge in [-0.2, -0.15) is 0 Å². The van der Waals surface area contributed by atoms with E-state index in [1.807, 2.05) is 19.1 Å². The molecular weight excluding hydrogens is 216 g/mol. The molecule has 0 fully saturated rings. The van der Waals surface area contributed by atoms with E-state index in [1.54, 1.807) is 31.5 Å². The predicted octanol–water partition coefficient (Wildman–Crippen LogP) is 2.77. The lowest BCUT2D eigenvalue weighted by Gasteiger charge is -2.10. The van der Waals surface area contributed by atoms with Crippen LogP contribution in [0.4, 0.5) is 5.69 Å². The largest absolute Gasteiger partial charge is 0.493 e. The molecule has 0 saturated heterocycles. The van der Waals surface area contributed by atoms with Gasteiger partial charge in [-0.1, -0.05) is 0 Å². The van der Waals surface area contributed by atoms with Gasteiger partial charge < -0.3 is 15.2 Å². The van der Waals surface area contributed by atoms with Crippen molar-refractivity contribution >= 4 is 5.69 Å². The Bertz CT molecular complexity index is 509. The number of nitrogen functional groups attached to an aromatic ring is 1. The van der Waals surface area contributed by atoms with Crippen LogP contribution in [0.15, 0.2) is 36.5 Å². The van der Waals surface area contributed by atoms with Crippen molar-refractivity contribution in [2.24, 2.45) is 0 Å². The SMILES string of the molecule is COc1cc(N)ccc1Oc1ccc(C)nc1.